The van der Waals surface area contributed by atoms with Crippen molar-refractivity contribution < 1.29 is 9.13 Å². The van der Waals surface area contributed by atoms with Gasteiger partial charge >= 0.3 is 0 Å². The molecule has 0 fully saturated rings. The molecule has 66 valence electrons. The summed E-state index contributed by atoms with van der Waals surface area (Å²) in [6.07, 6.45) is 0. The molecule has 1 aromatic rings. The van der Waals surface area contributed by atoms with Gasteiger partial charge in [0.2, 0.25) is 0 Å². The van der Waals surface area contributed by atoms with E-state index in [9.17, 15) is 4.39 Å². The molecule has 0 radical (unpaired) electrons. The van der Waals surface area contributed by atoms with Crippen LogP contribution in [0.1, 0.15) is 5.56 Å². The van der Waals surface area contributed by atoms with E-state index in [0.717, 1.165) is 0 Å². The van der Waals surface area contributed by atoms with E-state index in [1.807, 2.05) is 0 Å². The van der Waals surface area contributed by atoms with Crippen molar-refractivity contribution in [2.75, 3.05) is 7.11 Å². The average molecular weight is 234 g/mol. The lowest BCUT2D eigenvalue weighted by Crippen LogP contribution is -2.03. The fraction of sp³-hybridized carbons (Fsp3) is 0.250. The van der Waals surface area contributed by atoms with Gasteiger partial charge in [0.05, 0.1) is 11.6 Å². The zero-order chi connectivity index (χ0) is 9.14. The molecule has 0 saturated carbocycles. The second-order valence-electron chi connectivity index (χ2n) is 2.25. The smallest absolute Gasteiger partial charge is 0.140 e. The zero-order valence-electron chi connectivity index (χ0n) is 6.60. The maximum absolute atomic E-state index is 13.0. The van der Waals surface area contributed by atoms with Crippen molar-refractivity contribution in [3.05, 3.63) is 28.0 Å². The molecule has 2 nitrogen and oxygen atoms in total. The van der Waals surface area contributed by atoms with E-state index in [0.29, 0.717) is 15.8 Å². The maximum Gasteiger partial charge on any atom is 0.140 e. The van der Waals surface area contributed by atoms with Crippen molar-refractivity contribution in [1.29, 1.82) is 0 Å². The highest BCUT2D eigenvalue weighted by Gasteiger charge is 2.10. The van der Waals surface area contributed by atoms with Gasteiger partial charge in [-0.3, -0.25) is 0 Å². The second-order valence-corrected chi connectivity index (χ2v) is 3.10. The molecule has 0 unspecified atom stereocenters. The maximum atomic E-state index is 13.0. The highest BCUT2D eigenvalue weighted by atomic mass is 79.9. The molecule has 0 bridgehead atoms. The number of hydrogen-bond acceptors (Lipinski definition) is 2. The first-order valence-electron chi connectivity index (χ1n) is 3.41. The summed E-state index contributed by atoms with van der Waals surface area (Å²) in [5.41, 5.74) is 5.75. The summed E-state index contributed by atoms with van der Waals surface area (Å²) in [6, 6.07) is 2.95. The van der Waals surface area contributed by atoms with Crippen molar-refractivity contribution in [1.82, 2.24) is 0 Å². The Morgan fingerprint density at radius 3 is 2.67 bits per heavy atom. The lowest BCUT2D eigenvalue weighted by molar-refractivity contribution is 0.402. The molecular weight excluding hydrogens is 225 g/mol. The lowest BCUT2D eigenvalue weighted by atomic mass is 10.2. The number of benzene rings is 1. The Morgan fingerprint density at radius 2 is 2.25 bits per heavy atom. The molecule has 0 aliphatic rings. The number of hydrogen-bond donors (Lipinski definition) is 1. The highest BCUT2D eigenvalue weighted by Crippen LogP contribution is 2.30. The minimum Gasteiger partial charge on any atom is -0.495 e. The third kappa shape index (κ3) is 1.59. The van der Waals surface area contributed by atoms with E-state index in [2.05, 4.69) is 15.9 Å². The molecule has 0 spiro atoms. The van der Waals surface area contributed by atoms with Gasteiger partial charge in [0.25, 0.3) is 0 Å². The minimum absolute atomic E-state index is 0.133. The largest absolute Gasteiger partial charge is 0.495 e. The van der Waals surface area contributed by atoms with Crippen molar-refractivity contribution >= 4 is 15.9 Å². The van der Waals surface area contributed by atoms with Gasteiger partial charge in [-0.2, -0.15) is 0 Å². The number of halogens is 2. The summed E-state index contributed by atoms with van der Waals surface area (Å²) in [5, 5.41) is 0. The topological polar surface area (TPSA) is 35.2 Å². The Kier molecular flexibility index (Phi) is 3.05. The van der Waals surface area contributed by atoms with Crippen molar-refractivity contribution in [3.8, 4) is 5.75 Å². The summed E-state index contributed by atoms with van der Waals surface area (Å²) in [6.45, 7) is 0.133. The Hall–Kier alpha value is -0.610. The van der Waals surface area contributed by atoms with Gasteiger partial charge in [0.15, 0.2) is 0 Å². The Morgan fingerprint density at radius 1 is 1.58 bits per heavy atom. The molecule has 1 aromatic carbocycles. The molecule has 0 aromatic heterocycles. The molecule has 0 amide bonds. The molecule has 2 N–H and O–H groups in total. The first kappa shape index (κ1) is 9.48. The predicted octanol–water partition coefficient (Wildman–Crippen LogP) is 2.06. The van der Waals surface area contributed by atoms with Gasteiger partial charge < -0.3 is 10.5 Å². The molecule has 12 heavy (non-hydrogen) atoms. The van der Waals surface area contributed by atoms with Gasteiger partial charge in [0, 0.05) is 12.1 Å². The molecule has 4 heteroatoms. The van der Waals surface area contributed by atoms with Crippen LogP contribution in [0.5, 0.6) is 5.75 Å². The van der Waals surface area contributed by atoms with Crippen LogP contribution in [0.2, 0.25) is 0 Å². The molecule has 0 saturated heterocycles. The highest BCUT2D eigenvalue weighted by molar-refractivity contribution is 9.10. The van der Waals surface area contributed by atoms with E-state index in [1.165, 1.54) is 13.2 Å². The third-order valence-electron chi connectivity index (χ3n) is 1.56. The first-order valence-corrected chi connectivity index (χ1v) is 4.21. The predicted molar refractivity (Wildman–Crippen MR) is 48.5 cm³/mol. The summed E-state index contributed by atoms with van der Waals surface area (Å²) < 4.78 is 18.7. The monoisotopic (exact) mass is 233 g/mol. The van der Waals surface area contributed by atoms with Crippen LogP contribution in [0.3, 0.4) is 0 Å². The normalized spacial score (nSPS) is 10.0. The van der Waals surface area contributed by atoms with E-state index >= 15 is 0 Å². The van der Waals surface area contributed by atoms with Crippen LogP contribution in [-0.2, 0) is 6.54 Å². The van der Waals surface area contributed by atoms with E-state index < -0.39 is 0 Å². The molecule has 0 aliphatic heterocycles. The summed E-state index contributed by atoms with van der Waals surface area (Å²) >= 11 is 3.24. The molecule has 1 rings (SSSR count). The van der Waals surface area contributed by atoms with Crippen LogP contribution in [0.4, 0.5) is 4.39 Å². The van der Waals surface area contributed by atoms with Gasteiger partial charge in [-0.15, -0.1) is 0 Å². The summed E-state index contributed by atoms with van der Waals surface area (Å²) in [7, 11) is 1.48. The van der Waals surface area contributed by atoms with Crippen LogP contribution < -0.4 is 10.5 Å². The fourth-order valence-corrected chi connectivity index (χ4v) is 1.52. The number of nitrogens with two attached hydrogens (primary N) is 1. The Bertz CT molecular complexity index is 262. The molecule has 0 aliphatic carbocycles. The van der Waals surface area contributed by atoms with Crippen molar-refractivity contribution in [2.45, 2.75) is 6.54 Å². The van der Waals surface area contributed by atoms with Crippen LogP contribution >= 0.6 is 15.9 Å². The number of ether oxygens (including phenoxy) is 1. The van der Waals surface area contributed by atoms with Crippen LogP contribution in [-0.4, -0.2) is 7.11 Å². The number of methoxy groups -OCH3 is 1. The van der Waals surface area contributed by atoms with Crippen LogP contribution in [0.15, 0.2) is 16.6 Å². The van der Waals surface area contributed by atoms with Crippen LogP contribution in [0, 0.1) is 5.82 Å². The second kappa shape index (κ2) is 3.87. The molecular formula is C8H9BrFNO. The van der Waals surface area contributed by atoms with Gasteiger partial charge in [-0.05, 0) is 28.1 Å². The fourth-order valence-electron chi connectivity index (χ4n) is 0.986. The zero-order valence-corrected chi connectivity index (χ0v) is 8.19. The quantitative estimate of drug-likeness (QED) is 0.849. The third-order valence-corrected chi connectivity index (χ3v) is 2.19. The molecule has 0 heterocycles. The Balaban J connectivity index is 3.28. The van der Waals surface area contributed by atoms with Gasteiger partial charge in [-0.1, -0.05) is 0 Å². The minimum atomic E-state index is -0.336. The van der Waals surface area contributed by atoms with E-state index in [1.54, 1.807) is 6.07 Å². The standard InChI is InChI=1S/C8H9BrFNO/c1-12-8-5(4-11)7(10)3-2-6(8)9/h2-3H,4,11H2,1H3. The average Bonchev–Trinajstić information content (AvgIpc) is 2.08. The van der Waals surface area contributed by atoms with Crippen molar-refractivity contribution in [3.63, 3.8) is 0 Å². The SMILES string of the molecule is COc1c(Br)ccc(F)c1CN. The van der Waals surface area contributed by atoms with Gasteiger partial charge in [0.1, 0.15) is 11.6 Å². The number of rotatable bonds is 2. The Labute approximate surface area is 78.6 Å². The van der Waals surface area contributed by atoms with Crippen LogP contribution in [0.25, 0.3) is 0 Å². The molecule has 0 atom stereocenters. The van der Waals surface area contributed by atoms with E-state index in [4.69, 9.17) is 10.5 Å². The summed E-state index contributed by atoms with van der Waals surface area (Å²) in [5.74, 6) is 0.134. The van der Waals surface area contributed by atoms with E-state index in [-0.39, 0.29) is 12.4 Å². The van der Waals surface area contributed by atoms with Gasteiger partial charge in [-0.25, -0.2) is 4.39 Å². The summed E-state index contributed by atoms with van der Waals surface area (Å²) in [4.78, 5) is 0. The van der Waals surface area contributed by atoms with Crippen molar-refractivity contribution in [2.24, 2.45) is 5.73 Å². The first-order chi connectivity index (χ1) is 5.70. The lowest BCUT2D eigenvalue weighted by Gasteiger charge is -2.08.